The van der Waals surface area contributed by atoms with Crippen molar-refractivity contribution in [2.45, 2.75) is 39.2 Å². The van der Waals surface area contributed by atoms with Gasteiger partial charge in [0.2, 0.25) is 11.8 Å². The monoisotopic (exact) mass is 287 g/mol. The van der Waals surface area contributed by atoms with Crippen LogP contribution < -0.4 is 10.1 Å². The maximum absolute atomic E-state index is 5.12. The first-order chi connectivity index (χ1) is 7.71. The van der Waals surface area contributed by atoms with E-state index in [9.17, 15) is 0 Å². The van der Waals surface area contributed by atoms with Crippen LogP contribution in [-0.2, 0) is 0 Å². The Morgan fingerprint density at radius 1 is 1.50 bits per heavy atom. The summed E-state index contributed by atoms with van der Waals surface area (Å²) >= 11 is 3.33. The first kappa shape index (κ1) is 13.2. The lowest BCUT2D eigenvalue weighted by atomic mass is 10.1. The lowest BCUT2D eigenvalue weighted by molar-refractivity contribution is 0.394. The zero-order valence-electron chi connectivity index (χ0n) is 9.96. The number of nitrogens with zero attached hydrogens (tertiary/aromatic N) is 2. The van der Waals surface area contributed by atoms with Crippen molar-refractivity contribution in [3.8, 4) is 5.88 Å². The third-order valence-electron chi connectivity index (χ3n) is 2.37. The molecule has 0 fully saturated rings. The Hall–Kier alpha value is -0.840. The van der Waals surface area contributed by atoms with Crippen LogP contribution in [0.25, 0.3) is 0 Å². The molecular weight excluding hydrogens is 270 g/mol. The molecule has 1 unspecified atom stereocenters. The van der Waals surface area contributed by atoms with Gasteiger partial charge in [-0.1, -0.05) is 20.3 Å². The predicted molar refractivity (Wildman–Crippen MR) is 68.9 cm³/mol. The zero-order valence-corrected chi connectivity index (χ0v) is 11.5. The SMILES string of the molecule is CCCC(CC)Nc1ncc(Br)c(OC)n1. The van der Waals surface area contributed by atoms with Gasteiger partial charge in [0.25, 0.3) is 0 Å². The maximum Gasteiger partial charge on any atom is 0.232 e. The molecule has 1 aromatic rings. The number of ether oxygens (including phenoxy) is 1. The molecule has 0 aliphatic rings. The molecule has 4 nitrogen and oxygen atoms in total. The summed E-state index contributed by atoms with van der Waals surface area (Å²) in [7, 11) is 1.60. The molecule has 0 amide bonds. The van der Waals surface area contributed by atoms with E-state index in [0.717, 1.165) is 23.7 Å². The normalized spacial score (nSPS) is 12.2. The van der Waals surface area contributed by atoms with E-state index in [4.69, 9.17) is 4.74 Å². The minimum Gasteiger partial charge on any atom is -0.480 e. The van der Waals surface area contributed by atoms with Gasteiger partial charge in [0, 0.05) is 6.04 Å². The fourth-order valence-corrected chi connectivity index (χ4v) is 1.83. The first-order valence-corrected chi connectivity index (χ1v) is 6.33. The van der Waals surface area contributed by atoms with Crippen LogP contribution in [0.1, 0.15) is 33.1 Å². The minimum atomic E-state index is 0.427. The van der Waals surface area contributed by atoms with Crippen molar-refractivity contribution in [1.29, 1.82) is 0 Å². The molecular formula is C11H18BrN3O. The number of anilines is 1. The summed E-state index contributed by atoms with van der Waals surface area (Å²) in [6.45, 7) is 4.33. The van der Waals surface area contributed by atoms with Gasteiger partial charge in [-0.05, 0) is 28.8 Å². The number of methoxy groups -OCH3 is 1. The second kappa shape index (κ2) is 6.68. The molecule has 0 bridgehead atoms. The fourth-order valence-electron chi connectivity index (χ4n) is 1.47. The van der Waals surface area contributed by atoms with Crippen molar-refractivity contribution in [1.82, 2.24) is 9.97 Å². The van der Waals surface area contributed by atoms with E-state index in [-0.39, 0.29) is 0 Å². The average Bonchev–Trinajstić information content (AvgIpc) is 2.30. The van der Waals surface area contributed by atoms with Crippen LogP contribution in [-0.4, -0.2) is 23.1 Å². The zero-order chi connectivity index (χ0) is 12.0. The lowest BCUT2D eigenvalue weighted by Crippen LogP contribution is -2.19. The van der Waals surface area contributed by atoms with E-state index in [1.54, 1.807) is 13.3 Å². The highest BCUT2D eigenvalue weighted by Crippen LogP contribution is 2.22. The molecule has 1 rings (SSSR count). The molecule has 0 radical (unpaired) electrons. The summed E-state index contributed by atoms with van der Waals surface area (Å²) < 4.78 is 5.89. The lowest BCUT2D eigenvalue weighted by Gasteiger charge is -2.16. The van der Waals surface area contributed by atoms with Gasteiger partial charge >= 0.3 is 0 Å². The van der Waals surface area contributed by atoms with Crippen molar-refractivity contribution in [2.24, 2.45) is 0 Å². The highest BCUT2D eigenvalue weighted by Gasteiger charge is 2.09. The molecule has 0 spiro atoms. The molecule has 1 N–H and O–H groups in total. The number of nitrogens with one attached hydrogen (secondary N) is 1. The molecule has 90 valence electrons. The highest BCUT2D eigenvalue weighted by atomic mass is 79.9. The largest absolute Gasteiger partial charge is 0.480 e. The highest BCUT2D eigenvalue weighted by molar-refractivity contribution is 9.10. The minimum absolute atomic E-state index is 0.427. The van der Waals surface area contributed by atoms with Crippen molar-refractivity contribution in [3.63, 3.8) is 0 Å². The summed E-state index contributed by atoms with van der Waals surface area (Å²) in [5, 5.41) is 3.31. The van der Waals surface area contributed by atoms with E-state index in [2.05, 4.69) is 45.1 Å². The van der Waals surface area contributed by atoms with Crippen LogP contribution in [0, 0.1) is 0 Å². The second-order valence-electron chi connectivity index (χ2n) is 3.59. The van der Waals surface area contributed by atoms with Gasteiger partial charge in [-0.2, -0.15) is 4.98 Å². The summed E-state index contributed by atoms with van der Waals surface area (Å²) in [5.74, 6) is 1.18. The third kappa shape index (κ3) is 3.63. The second-order valence-corrected chi connectivity index (χ2v) is 4.44. The molecule has 16 heavy (non-hydrogen) atoms. The van der Waals surface area contributed by atoms with Crippen LogP contribution in [0.4, 0.5) is 5.95 Å². The number of rotatable bonds is 6. The Morgan fingerprint density at radius 2 is 2.25 bits per heavy atom. The van der Waals surface area contributed by atoms with Crippen LogP contribution in [0.2, 0.25) is 0 Å². The van der Waals surface area contributed by atoms with E-state index >= 15 is 0 Å². The fraction of sp³-hybridized carbons (Fsp3) is 0.636. The van der Waals surface area contributed by atoms with Gasteiger partial charge in [0.15, 0.2) is 0 Å². The Balaban J connectivity index is 2.72. The van der Waals surface area contributed by atoms with E-state index < -0.39 is 0 Å². The quantitative estimate of drug-likeness (QED) is 0.873. The van der Waals surface area contributed by atoms with E-state index in [1.165, 1.54) is 0 Å². The number of hydrogen-bond donors (Lipinski definition) is 1. The topological polar surface area (TPSA) is 47.0 Å². The van der Waals surface area contributed by atoms with Crippen LogP contribution in [0.5, 0.6) is 5.88 Å². The van der Waals surface area contributed by atoms with Crippen LogP contribution in [0.3, 0.4) is 0 Å². The number of hydrogen-bond acceptors (Lipinski definition) is 4. The van der Waals surface area contributed by atoms with Gasteiger partial charge in [0.05, 0.1) is 17.8 Å². The Labute approximate surface area is 105 Å². The molecule has 0 aliphatic carbocycles. The average molecular weight is 288 g/mol. The van der Waals surface area contributed by atoms with E-state index in [1.807, 2.05) is 0 Å². The number of aromatic nitrogens is 2. The summed E-state index contributed by atoms with van der Waals surface area (Å²) in [6.07, 6.45) is 5.04. The Kier molecular flexibility index (Phi) is 5.52. The molecule has 1 heterocycles. The van der Waals surface area contributed by atoms with Gasteiger partial charge in [0.1, 0.15) is 0 Å². The molecule has 1 atom stereocenters. The molecule has 0 aromatic carbocycles. The van der Waals surface area contributed by atoms with Crippen molar-refractivity contribution in [2.75, 3.05) is 12.4 Å². The smallest absolute Gasteiger partial charge is 0.232 e. The molecule has 1 aromatic heterocycles. The number of halogens is 1. The van der Waals surface area contributed by atoms with Gasteiger partial charge in [-0.15, -0.1) is 0 Å². The Morgan fingerprint density at radius 3 is 2.81 bits per heavy atom. The van der Waals surface area contributed by atoms with Gasteiger partial charge in [-0.3, -0.25) is 0 Å². The standard InChI is InChI=1S/C11H18BrN3O/c1-4-6-8(5-2)14-11-13-7-9(12)10(15-11)16-3/h7-8H,4-6H2,1-3H3,(H,13,14,15). The molecule has 0 saturated heterocycles. The van der Waals surface area contributed by atoms with Crippen molar-refractivity contribution < 1.29 is 4.74 Å². The van der Waals surface area contributed by atoms with Crippen molar-refractivity contribution >= 4 is 21.9 Å². The molecule has 5 heteroatoms. The molecule has 0 saturated carbocycles. The summed E-state index contributed by atoms with van der Waals surface area (Å²) in [4.78, 5) is 8.48. The first-order valence-electron chi connectivity index (χ1n) is 5.54. The van der Waals surface area contributed by atoms with Crippen LogP contribution in [0.15, 0.2) is 10.7 Å². The summed E-state index contributed by atoms with van der Waals surface area (Å²) in [6, 6.07) is 0.427. The summed E-state index contributed by atoms with van der Waals surface area (Å²) in [5.41, 5.74) is 0. The van der Waals surface area contributed by atoms with Crippen LogP contribution >= 0.6 is 15.9 Å². The maximum atomic E-state index is 5.12. The third-order valence-corrected chi connectivity index (χ3v) is 2.91. The van der Waals surface area contributed by atoms with E-state index in [0.29, 0.717) is 17.9 Å². The van der Waals surface area contributed by atoms with Crippen molar-refractivity contribution in [3.05, 3.63) is 10.7 Å². The molecule has 0 aliphatic heterocycles. The van der Waals surface area contributed by atoms with Gasteiger partial charge < -0.3 is 10.1 Å². The predicted octanol–water partition coefficient (Wildman–Crippen LogP) is 3.24. The Bertz CT molecular complexity index is 333. The van der Waals surface area contributed by atoms with Gasteiger partial charge in [-0.25, -0.2) is 4.98 Å².